The molecule has 4 rings (SSSR count). The molecule has 0 saturated carbocycles. The number of nitrogens with one attached hydrogen (secondary N) is 1. The molecule has 0 aliphatic carbocycles. The van der Waals surface area contributed by atoms with Crippen molar-refractivity contribution in [2.75, 3.05) is 5.73 Å². The minimum absolute atomic E-state index is 0.164. The third-order valence-corrected chi connectivity index (χ3v) is 4.29. The van der Waals surface area contributed by atoms with Gasteiger partial charge in [-0.3, -0.25) is 14.5 Å². The summed E-state index contributed by atoms with van der Waals surface area (Å²) in [7, 11) is 0. The van der Waals surface area contributed by atoms with Crippen molar-refractivity contribution in [2.24, 2.45) is 0 Å². The second-order valence-electron chi connectivity index (χ2n) is 5.11. The van der Waals surface area contributed by atoms with Crippen LogP contribution in [0.5, 0.6) is 0 Å². The summed E-state index contributed by atoms with van der Waals surface area (Å²) < 4.78 is 1.80. The Kier molecular flexibility index (Phi) is 3.07. The van der Waals surface area contributed by atoms with E-state index in [0.29, 0.717) is 37.7 Å². The van der Waals surface area contributed by atoms with Crippen molar-refractivity contribution in [1.29, 1.82) is 0 Å². The van der Waals surface area contributed by atoms with Crippen LogP contribution in [0.1, 0.15) is 0 Å². The summed E-state index contributed by atoms with van der Waals surface area (Å²) in [5.74, 6) is 0.231. The zero-order valence-corrected chi connectivity index (χ0v) is 13.2. The van der Waals surface area contributed by atoms with E-state index in [4.69, 9.17) is 28.9 Å². The van der Waals surface area contributed by atoms with Crippen LogP contribution in [-0.4, -0.2) is 14.8 Å². The Morgan fingerprint density at radius 1 is 1.13 bits per heavy atom. The standard InChI is InChI=1S/C16H10Cl2N4O/c17-8-5-6-12(10(18)7-8)22-11-4-2-1-3-9(11)14(23)13-15(19)20-21-16(13)22/h1-7H,(H3,19,20,21). The Morgan fingerprint density at radius 2 is 1.91 bits per heavy atom. The number of halogens is 2. The first-order chi connectivity index (χ1) is 11.1. The monoisotopic (exact) mass is 344 g/mol. The molecule has 7 heteroatoms. The molecule has 4 aromatic rings. The smallest absolute Gasteiger partial charge is 0.202 e. The highest BCUT2D eigenvalue weighted by Crippen LogP contribution is 2.30. The van der Waals surface area contributed by atoms with Gasteiger partial charge in [0.1, 0.15) is 11.2 Å². The van der Waals surface area contributed by atoms with Gasteiger partial charge in [-0.15, -0.1) is 0 Å². The topological polar surface area (TPSA) is 76.7 Å². The molecule has 2 aromatic carbocycles. The first-order valence-electron chi connectivity index (χ1n) is 6.80. The molecule has 2 heterocycles. The first-order valence-corrected chi connectivity index (χ1v) is 7.56. The van der Waals surface area contributed by atoms with E-state index in [-0.39, 0.29) is 11.2 Å². The number of nitrogens with zero attached hydrogens (tertiary/aromatic N) is 2. The Morgan fingerprint density at radius 3 is 2.70 bits per heavy atom. The molecule has 0 atom stereocenters. The highest BCUT2D eigenvalue weighted by molar-refractivity contribution is 6.35. The number of benzene rings is 2. The van der Waals surface area contributed by atoms with E-state index in [9.17, 15) is 4.79 Å². The van der Waals surface area contributed by atoms with Crippen molar-refractivity contribution < 1.29 is 0 Å². The van der Waals surface area contributed by atoms with Gasteiger partial charge in [0.15, 0.2) is 5.65 Å². The lowest BCUT2D eigenvalue weighted by Crippen LogP contribution is -2.10. The normalized spacial score (nSPS) is 11.4. The van der Waals surface area contributed by atoms with E-state index >= 15 is 0 Å². The molecular weight excluding hydrogens is 335 g/mol. The number of fused-ring (bicyclic) bond motifs is 2. The van der Waals surface area contributed by atoms with Crippen LogP contribution < -0.4 is 11.2 Å². The van der Waals surface area contributed by atoms with Crippen molar-refractivity contribution in [1.82, 2.24) is 14.8 Å². The Hall–Kier alpha value is -2.50. The average Bonchev–Trinajstić information content (AvgIpc) is 2.91. The average molecular weight is 345 g/mol. The summed E-state index contributed by atoms with van der Waals surface area (Å²) in [5.41, 5.74) is 7.52. The number of hydrogen-bond acceptors (Lipinski definition) is 3. The maximum absolute atomic E-state index is 12.7. The number of aromatic nitrogens is 3. The van der Waals surface area contributed by atoms with Gasteiger partial charge >= 0.3 is 0 Å². The third kappa shape index (κ3) is 2.01. The van der Waals surface area contributed by atoms with E-state index in [2.05, 4.69) is 10.2 Å². The van der Waals surface area contributed by atoms with Crippen LogP contribution in [-0.2, 0) is 0 Å². The minimum Gasteiger partial charge on any atom is -0.383 e. The number of aromatic amines is 1. The molecule has 0 aliphatic rings. The fourth-order valence-corrected chi connectivity index (χ4v) is 3.24. The van der Waals surface area contributed by atoms with Gasteiger partial charge in [0.2, 0.25) is 5.43 Å². The van der Waals surface area contributed by atoms with Crippen molar-refractivity contribution in [2.45, 2.75) is 0 Å². The Labute approximate surface area is 140 Å². The van der Waals surface area contributed by atoms with Gasteiger partial charge < -0.3 is 5.73 Å². The predicted octanol–water partition coefficient (Wildman–Crippen LogP) is 3.76. The summed E-state index contributed by atoms with van der Waals surface area (Å²) in [6.45, 7) is 0. The molecule has 0 amide bonds. The fourth-order valence-electron chi connectivity index (χ4n) is 2.75. The molecule has 0 spiro atoms. The third-order valence-electron chi connectivity index (χ3n) is 3.75. The van der Waals surface area contributed by atoms with Gasteiger partial charge in [0.25, 0.3) is 0 Å². The van der Waals surface area contributed by atoms with Crippen LogP contribution in [0, 0.1) is 0 Å². The largest absolute Gasteiger partial charge is 0.383 e. The number of anilines is 1. The van der Waals surface area contributed by atoms with E-state index in [1.807, 2.05) is 12.1 Å². The lowest BCUT2D eigenvalue weighted by atomic mass is 10.1. The summed E-state index contributed by atoms with van der Waals surface area (Å²) in [6.07, 6.45) is 0. The van der Waals surface area contributed by atoms with Crippen LogP contribution in [0.25, 0.3) is 27.6 Å². The van der Waals surface area contributed by atoms with Crippen LogP contribution in [0.2, 0.25) is 10.0 Å². The molecule has 0 bridgehead atoms. The Bertz CT molecular complexity index is 1130. The predicted molar refractivity (Wildman–Crippen MR) is 93.6 cm³/mol. The van der Waals surface area contributed by atoms with E-state index < -0.39 is 0 Å². The van der Waals surface area contributed by atoms with Crippen molar-refractivity contribution in [3.05, 3.63) is 62.7 Å². The number of hydrogen-bond donors (Lipinski definition) is 2. The van der Waals surface area contributed by atoms with E-state index in [0.717, 1.165) is 0 Å². The van der Waals surface area contributed by atoms with Crippen molar-refractivity contribution in [3.8, 4) is 5.69 Å². The molecule has 0 saturated heterocycles. The minimum atomic E-state index is -0.164. The lowest BCUT2D eigenvalue weighted by molar-refractivity contribution is 1.05. The number of para-hydroxylation sites is 1. The number of pyridine rings is 1. The summed E-state index contributed by atoms with van der Waals surface area (Å²) >= 11 is 12.3. The molecule has 5 nitrogen and oxygen atoms in total. The second kappa shape index (κ2) is 5.01. The zero-order chi connectivity index (χ0) is 16.1. The molecule has 0 fully saturated rings. The number of H-pyrrole nitrogens is 1. The second-order valence-corrected chi connectivity index (χ2v) is 5.96. The molecule has 23 heavy (non-hydrogen) atoms. The van der Waals surface area contributed by atoms with Gasteiger partial charge in [-0.1, -0.05) is 35.3 Å². The van der Waals surface area contributed by atoms with E-state index in [1.165, 1.54) is 0 Å². The van der Waals surface area contributed by atoms with Crippen LogP contribution in [0.4, 0.5) is 5.82 Å². The summed E-state index contributed by atoms with van der Waals surface area (Å²) in [6, 6.07) is 12.4. The molecule has 114 valence electrons. The SMILES string of the molecule is Nc1[nH]nc2c1c(=O)c1ccccc1n2-c1ccc(Cl)cc1Cl. The maximum atomic E-state index is 12.7. The highest BCUT2D eigenvalue weighted by atomic mass is 35.5. The number of nitrogen functional groups attached to an aromatic ring is 1. The van der Waals surface area contributed by atoms with Crippen LogP contribution in [0.15, 0.2) is 47.3 Å². The molecular formula is C16H10Cl2N4O. The van der Waals surface area contributed by atoms with Crippen LogP contribution >= 0.6 is 23.2 Å². The first kappa shape index (κ1) is 14.1. The van der Waals surface area contributed by atoms with Gasteiger partial charge in [-0.2, -0.15) is 5.10 Å². The van der Waals surface area contributed by atoms with E-state index in [1.54, 1.807) is 34.9 Å². The van der Waals surface area contributed by atoms with Crippen molar-refractivity contribution >= 4 is 51.0 Å². The summed E-state index contributed by atoms with van der Waals surface area (Å²) in [4.78, 5) is 12.7. The Balaban J connectivity index is 2.28. The molecule has 3 N–H and O–H groups in total. The zero-order valence-electron chi connectivity index (χ0n) is 11.7. The fraction of sp³-hybridized carbons (Fsp3) is 0. The molecule has 0 radical (unpaired) electrons. The van der Waals surface area contributed by atoms with Crippen LogP contribution in [0.3, 0.4) is 0 Å². The highest BCUT2D eigenvalue weighted by Gasteiger charge is 2.18. The quantitative estimate of drug-likeness (QED) is 0.552. The molecule has 2 aromatic heterocycles. The van der Waals surface area contributed by atoms with Gasteiger partial charge in [0, 0.05) is 10.4 Å². The van der Waals surface area contributed by atoms with Gasteiger partial charge in [-0.05, 0) is 30.3 Å². The lowest BCUT2D eigenvalue weighted by Gasteiger charge is -2.13. The molecule has 0 aliphatic heterocycles. The number of nitrogens with two attached hydrogens (primary N) is 1. The van der Waals surface area contributed by atoms with Gasteiger partial charge in [0.05, 0.1) is 16.2 Å². The van der Waals surface area contributed by atoms with Crippen molar-refractivity contribution in [3.63, 3.8) is 0 Å². The summed E-state index contributed by atoms with van der Waals surface area (Å²) in [5, 5.41) is 8.73. The number of rotatable bonds is 1. The molecule has 0 unspecified atom stereocenters. The van der Waals surface area contributed by atoms with Gasteiger partial charge in [-0.25, -0.2) is 0 Å². The maximum Gasteiger partial charge on any atom is 0.202 e.